The summed E-state index contributed by atoms with van der Waals surface area (Å²) in [6.45, 7) is 6.48. The number of nitrogens with zero attached hydrogens (tertiary/aromatic N) is 4. The number of para-hydroxylation sites is 1. The molecule has 5 rings (SSSR count). The molecule has 3 heterocycles. The summed E-state index contributed by atoms with van der Waals surface area (Å²) in [7, 11) is 0. The summed E-state index contributed by atoms with van der Waals surface area (Å²) in [5.41, 5.74) is 5.40. The maximum absolute atomic E-state index is 4.99. The van der Waals surface area contributed by atoms with E-state index < -0.39 is 0 Å². The van der Waals surface area contributed by atoms with Crippen molar-refractivity contribution in [1.29, 1.82) is 0 Å². The van der Waals surface area contributed by atoms with Gasteiger partial charge in [0.2, 0.25) is 5.95 Å². The van der Waals surface area contributed by atoms with Gasteiger partial charge in [-0.15, -0.1) is 0 Å². The molecule has 0 spiro atoms. The smallest absolute Gasteiger partial charge is 0.206 e. The Labute approximate surface area is 148 Å². The van der Waals surface area contributed by atoms with Gasteiger partial charge in [-0.1, -0.05) is 42.5 Å². The van der Waals surface area contributed by atoms with Gasteiger partial charge < -0.3 is 9.47 Å². The lowest BCUT2D eigenvalue weighted by Gasteiger charge is -2.35. The number of imidazole rings is 1. The van der Waals surface area contributed by atoms with E-state index in [4.69, 9.17) is 4.98 Å². The van der Waals surface area contributed by atoms with Gasteiger partial charge in [0.1, 0.15) is 0 Å². The minimum absolute atomic E-state index is 1.05. The fourth-order valence-electron chi connectivity index (χ4n) is 4.28. The highest BCUT2D eigenvalue weighted by Gasteiger charge is 2.24. The third-order valence-corrected chi connectivity index (χ3v) is 5.56. The maximum atomic E-state index is 4.99. The minimum atomic E-state index is 1.05. The van der Waals surface area contributed by atoms with E-state index in [1.54, 1.807) is 0 Å². The van der Waals surface area contributed by atoms with Gasteiger partial charge in [0.25, 0.3) is 0 Å². The first-order chi connectivity index (χ1) is 12.4. The van der Waals surface area contributed by atoms with Gasteiger partial charge in [-0.05, 0) is 30.0 Å². The molecular formula is C21H24N4. The molecule has 0 saturated carbocycles. The standard InChI is InChI=1S/C21H24N4/c1-2-6-17(7-3-1)16-23-12-14-24(15-13-23)21-22-19-10-4-8-18-9-5-11-25(21)20(18)19/h1-4,6-8,10H,5,9,11-16H2. The summed E-state index contributed by atoms with van der Waals surface area (Å²) in [5, 5.41) is 0. The van der Waals surface area contributed by atoms with Crippen LogP contribution in [0, 0.1) is 0 Å². The molecule has 0 amide bonds. The van der Waals surface area contributed by atoms with E-state index in [0.717, 1.165) is 39.3 Å². The fourth-order valence-corrected chi connectivity index (χ4v) is 4.28. The van der Waals surface area contributed by atoms with Crippen LogP contribution in [0.2, 0.25) is 0 Å². The Morgan fingerprint density at radius 1 is 0.840 bits per heavy atom. The van der Waals surface area contributed by atoms with Crippen molar-refractivity contribution in [2.24, 2.45) is 0 Å². The van der Waals surface area contributed by atoms with Gasteiger partial charge in [0.15, 0.2) is 0 Å². The van der Waals surface area contributed by atoms with Gasteiger partial charge in [0.05, 0.1) is 11.0 Å². The fraction of sp³-hybridized carbons (Fsp3) is 0.381. The zero-order chi connectivity index (χ0) is 16.6. The number of anilines is 1. The molecule has 3 aromatic rings. The number of aromatic nitrogens is 2. The molecule has 2 aliphatic heterocycles. The molecular weight excluding hydrogens is 308 g/mol. The Morgan fingerprint density at radius 2 is 1.68 bits per heavy atom. The molecule has 25 heavy (non-hydrogen) atoms. The maximum Gasteiger partial charge on any atom is 0.206 e. The Morgan fingerprint density at radius 3 is 2.52 bits per heavy atom. The summed E-state index contributed by atoms with van der Waals surface area (Å²) < 4.78 is 2.46. The van der Waals surface area contributed by atoms with E-state index in [9.17, 15) is 0 Å². The Balaban J connectivity index is 1.35. The van der Waals surface area contributed by atoms with Crippen molar-refractivity contribution in [3.8, 4) is 0 Å². The van der Waals surface area contributed by atoms with E-state index in [0.29, 0.717) is 0 Å². The van der Waals surface area contributed by atoms with E-state index in [1.807, 2.05) is 0 Å². The number of hydrogen-bond acceptors (Lipinski definition) is 3. The van der Waals surface area contributed by atoms with E-state index in [2.05, 4.69) is 62.9 Å². The van der Waals surface area contributed by atoms with Crippen LogP contribution in [-0.2, 0) is 19.5 Å². The third-order valence-electron chi connectivity index (χ3n) is 5.56. The molecule has 1 aromatic heterocycles. The topological polar surface area (TPSA) is 24.3 Å². The van der Waals surface area contributed by atoms with Crippen LogP contribution in [0.5, 0.6) is 0 Å². The molecule has 0 N–H and O–H groups in total. The van der Waals surface area contributed by atoms with Gasteiger partial charge in [-0.3, -0.25) is 4.90 Å². The van der Waals surface area contributed by atoms with Gasteiger partial charge >= 0.3 is 0 Å². The Kier molecular flexibility index (Phi) is 3.71. The van der Waals surface area contributed by atoms with Crippen LogP contribution in [0.3, 0.4) is 0 Å². The molecule has 0 atom stereocenters. The van der Waals surface area contributed by atoms with Crippen molar-refractivity contribution >= 4 is 17.0 Å². The van der Waals surface area contributed by atoms with Crippen molar-refractivity contribution in [2.45, 2.75) is 25.9 Å². The largest absolute Gasteiger partial charge is 0.340 e. The predicted octanol–water partition coefficient (Wildman–Crippen LogP) is 3.30. The van der Waals surface area contributed by atoms with Crippen LogP contribution in [-0.4, -0.2) is 40.6 Å². The summed E-state index contributed by atoms with van der Waals surface area (Å²) in [5.74, 6) is 1.18. The third kappa shape index (κ3) is 2.71. The molecule has 0 unspecified atom stereocenters. The molecule has 2 aliphatic rings. The number of benzene rings is 2. The quantitative estimate of drug-likeness (QED) is 0.735. The van der Waals surface area contributed by atoms with Crippen molar-refractivity contribution in [2.75, 3.05) is 31.1 Å². The Hall–Kier alpha value is -2.33. The van der Waals surface area contributed by atoms with Crippen molar-refractivity contribution in [1.82, 2.24) is 14.5 Å². The van der Waals surface area contributed by atoms with Crippen LogP contribution < -0.4 is 4.90 Å². The molecule has 0 radical (unpaired) electrons. The van der Waals surface area contributed by atoms with Crippen LogP contribution in [0.1, 0.15) is 17.5 Å². The summed E-state index contributed by atoms with van der Waals surface area (Å²) >= 11 is 0. The molecule has 4 heteroatoms. The molecule has 1 saturated heterocycles. The predicted molar refractivity (Wildman–Crippen MR) is 102 cm³/mol. The average molecular weight is 332 g/mol. The number of rotatable bonds is 3. The molecule has 0 aliphatic carbocycles. The Bertz CT molecular complexity index is 876. The van der Waals surface area contributed by atoms with Crippen LogP contribution in [0.4, 0.5) is 5.95 Å². The van der Waals surface area contributed by atoms with E-state index in [1.165, 1.54) is 41.0 Å². The van der Waals surface area contributed by atoms with Gasteiger partial charge in [0, 0.05) is 39.3 Å². The number of piperazine rings is 1. The van der Waals surface area contributed by atoms with E-state index >= 15 is 0 Å². The molecule has 0 bridgehead atoms. The monoisotopic (exact) mass is 332 g/mol. The summed E-state index contributed by atoms with van der Waals surface area (Å²) in [4.78, 5) is 10.0. The second kappa shape index (κ2) is 6.19. The normalized spacial score (nSPS) is 18.0. The highest BCUT2D eigenvalue weighted by molar-refractivity contribution is 5.82. The number of aryl methyl sites for hydroxylation is 2. The lowest BCUT2D eigenvalue weighted by Crippen LogP contribution is -2.46. The molecule has 4 nitrogen and oxygen atoms in total. The van der Waals surface area contributed by atoms with Gasteiger partial charge in [-0.2, -0.15) is 0 Å². The lowest BCUT2D eigenvalue weighted by atomic mass is 10.0. The van der Waals surface area contributed by atoms with Crippen LogP contribution in [0.25, 0.3) is 11.0 Å². The molecule has 1 fully saturated rings. The zero-order valence-electron chi connectivity index (χ0n) is 14.6. The minimum Gasteiger partial charge on any atom is -0.340 e. The van der Waals surface area contributed by atoms with E-state index in [-0.39, 0.29) is 0 Å². The second-order valence-electron chi connectivity index (χ2n) is 7.20. The summed E-state index contributed by atoms with van der Waals surface area (Å²) in [6, 6.07) is 17.4. The summed E-state index contributed by atoms with van der Waals surface area (Å²) in [6.07, 6.45) is 2.41. The van der Waals surface area contributed by atoms with Crippen molar-refractivity contribution < 1.29 is 0 Å². The first kappa shape index (κ1) is 15.0. The van der Waals surface area contributed by atoms with Crippen LogP contribution >= 0.6 is 0 Å². The number of hydrogen-bond donors (Lipinski definition) is 0. The second-order valence-corrected chi connectivity index (χ2v) is 7.20. The SMILES string of the molecule is c1ccc(CN2CCN(c3nc4cccc5c4n3CCC5)CC2)cc1. The van der Waals surface area contributed by atoms with Crippen molar-refractivity contribution in [3.63, 3.8) is 0 Å². The van der Waals surface area contributed by atoms with Crippen LogP contribution in [0.15, 0.2) is 48.5 Å². The first-order valence-electron chi connectivity index (χ1n) is 9.38. The van der Waals surface area contributed by atoms with Gasteiger partial charge in [-0.25, -0.2) is 4.98 Å². The highest BCUT2D eigenvalue weighted by Crippen LogP contribution is 2.30. The highest BCUT2D eigenvalue weighted by atomic mass is 15.4. The molecule has 128 valence electrons. The zero-order valence-corrected chi connectivity index (χ0v) is 14.6. The lowest BCUT2D eigenvalue weighted by molar-refractivity contribution is 0.248. The van der Waals surface area contributed by atoms with Crippen molar-refractivity contribution in [3.05, 3.63) is 59.7 Å². The average Bonchev–Trinajstić information content (AvgIpc) is 3.04. The molecule has 2 aromatic carbocycles. The first-order valence-corrected chi connectivity index (χ1v) is 9.38.